The molecular formula is C21H22BrNO4. The van der Waals surface area contributed by atoms with Gasteiger partial charge in [-0.2, -0.15) is 0 Å². The number of esters is 1. The summed E-state index contributed by atoms with van der Waals surface area (Å²) in [6, 6.07) is 15.0. The second kappa shape index (κ2) is 10.7. The van der Waals surface area contributed by atoms with Gasteiger partial charge in [-0.25, -0.2) is 0 Å². The van der Waals surface area contributed by atoms with Gasteiger partial charge in [0.25, 0.3) is 0 Å². The highest BCUT2D eigenvalue weighted by Crippen LogP contribution is 2.33. The molecule has 0 bridgehead atoms. The molecule has 0 spiro atoms. The van der Waals surface area contributed by atoms with Gasteiger partial charge >= 0.3 is 5.97 Å². The zero-order chi connectivity index (χ0) is 19.6. The summed E-state index contributed by atoms with van der Waals surface area (Å²) >= 11 is 3.40. The second-order valence-corrected chi connectivity index (χ2v) is 6.78. The van der Waals surface area contributed by atoms with Crippen LogP contribution in [0.2, 0.25) is 0 Å². The number of halogens is 1. The Bertz CT molecular complexity index is 789. The van der Waals surface area contributed by atoms with Gasteiger partial charge in [0.15, 0.2) is 0 Å². The summed E-state index contributed by atoms with van der Waals surface area (Å²) in [7, 11) is 1.29. The number of terminal acetylenes is 1. The number of methoxy groups -OCH3 is 1. The molecule has 0 aliphatic rings. The molecule has 0 aromatic heterocycles. The van der Waals surface area contributed by atoms with E-state index in [9.17, 15) is 9.90 Å². The number of carbonyl (C=O) groups excluding carboxylic acids is 1. The van der Waals surface area contributed by atoms with E-state index in [4.69, 9.17) is 15.9 Å². The Morgan fingerprint density at radius 1 is 1.30 bits per heavy atom. The first-order valence-corrected chi connectivity index (χ1v) is 9.22. The highest BCUT2D eigenvalue weighted by atomic mass is 79.9. The molecule has 27 heavy (non-hydrogen) atoms. The quantitative estimate of drug-likeness (QED) is 0.362. The average Bonchev–Trinajstić information content (AvgIpc) is 2.70. The molecule has 2 unspecified atom stereocenters. The molecule has 2 N–H and O–H groups in total. The predicted molar refractivity (Wildman–Crippen MR) is 107 cm³/mol. The van der Waals surface area contributed by atoms with Crippen molar-refractivity contribution >= 4 is 21.9 Å². The zero-order valence-corrected chi connectivity index (χ0v) is 16.6. The summed E-state index contributed by atoms with van der Waals surface area (Å²) in [5.74, 6) is 1.59. The van der Waals surface area contributed by atoms with Gasteiger partial charge in [0.05, 0.1) is 25.7 Å². The molecule has 2 rings (SSSR count). The lowest BCUT2D eigenvalue weighted by molar-refractivity contribution is -0.149. The number of hydrogen-bond acceptors (Lipinski definition) is 5. The Labute approximate surface area is 167 Å². The van der Waals surface area contributed by atoms with Crippen molar-refractivity contribution in [2.75, 3.05) is 20.2 Å². The molecule has 6 heteroatoms. The van der Waals surface area contributed by atoms with Crippen LogP contribution in [0.15, 0.2) is 53.0 Å². The van der Waals surface area contributed by atoms with Crippen LogP contribution in [0.1, 0.15) is 17.2 Å². The van der Waals surface area contributed by atoms with Crippen LogP contribution in [0, 0.1) is 18.3 Å². The average molecular weight is 432 g/mol. The van der Waals surface area contributed by atoms with Gasteiger partial charge in [-0.15, -0.1) is 6.42 Å². The number of carbonyl (C=O) groups is 1. The van der Waals surface area contributed by atoms with Crippen molar-refractivity contribution < 1.29 is 19.4 Å². The van der Waals surface area contributed by atoms with Gasteiger partial charge in [0.1, 0.15) is 12.4 Å². The smallest absolute Gasteiger partial charge is 0.312 e. The summed E-state index contributed by atoms with van der Waals surface area (Å²) in [5.41, 5.74) is 1.50. The third-order valence-electron chi connectivity index (χ3n) is 4.00. The first-order valence-electron chi connectivity index (χ1n) is 8.43. The van der Waals surface area contributed by atoms with Gasteiger partial charge in [-0.05, 0) is 23.8 Å². The maximum atomic E-state index is 12.2. The molecule has 0 saturated heterocycles. The lowest BCUT2D eigenvalue weighted by Crippen LogP contribution is -2.34. The van der Waals surface area contributed by atoms with Crippen molar-refractivity contribution in [3.8, 4) is 18.1 Å². The molecule has 2 aromatic carbocycles. The number of hydrogen-bond donors (Lipinski definition) is 2. The third kappa shape index (κ3) is 6.10. The molecule has 0 amide bonds. The largest absolute Gasteiger partial charge is 0.489 e. The lowest BCUT2D eigenvalue weighted by atomic mass is 9.94. The molecule has 0 heterocycles. The second-order valence-electron chi connectivity index (χ2n) is 5.87. The van der Waals surface area contributed by atoms with E-state index >= 15 is 0 Å². The van der Waals surface area contributed by atoms with E-state index < -0.39 is 18.0 Å². The fourth-order valence-corrected chi connectivity index (χ4v) is 2.99. The van der Waals surface area contributed by atoms with Crippen molar-refractivity contribution in [2.24, 2.45) is 5.92 Å². The molecule has 0 radical (unpaired) electrons. The van der Waals surface area contributed by atoms with E-state index in [1.165, 1.54) is 7.11 Å². The number of benzene rings is 2. The summed E-state index contributed by atoms with van der Waals surface area (Å²) in [5, 5.41) is 13.8. The fraction of sp³-hybridized carbons (Fsp3) is 0.286. The Morgan fingerprint density at radius 3 is 2.70 bits per heavy atom. The fourth-order valence-electron chi connectivity index (χ4n) is 2.61. The normalized spacial score (nSPS) is 12.7. The van der Waals surface area contributed by atoms with Crippen LogP contribution in [0.25, 0.3) is 0 Å². The molecular weight excluding hydrogens is 410 g/mol. The van der Waals surface area contributed by atoms with Gasteiger partial charge in [-0.1, -0.05) is 52.2 Å². The summed E-state index contributed by atoms with van der Waals surface area (Å²) in [4.78, 5) is 12.2. The van der Waals surface area contributed by atoms with Crippen molar-refractivity contribution in [3.05, 3.63) is 64.1 Å². The van der Waals surface area contributed by atoms with Crippen molar-refractivity contribution in [2.45, 2.75) is 12.7 Å². The Balaban J connectivity index is 2.23. The minimum Gasteiger partial charge on any atom is -0.489 e. The van der Waals surface area contributed by atoms with Gasteiger partial charge in [0, 0.05) is 16.6 Å². The Kier molecular flexibility index (Phi) is 8.34. The minimum absolute atomic E-state index is 0.183. The van der Waals surface area contributed by atoms with Gasteiger partial charge in [0.2, 0.25) is 0 Å². The van der Waals surface area contributed by atoms with Gasteiger partial charge < -0.3 is 19.9 Å². The zero-order valence-electron chi connectivity index (χ0n) is 15.0. The number of nitrogens with one attached hydrogen (secondary N) is 1. The van der Waals surface area contributed by atoms with E-state index in [0.717, 1.165) is 10.0 Å². The molecule has 0 fully saturated rings. The van der Waals surface area contributed by atoms with E-state index in [1.807, 2.05) is 36.4 Å². The molecule has 5 nitrogen and oxygen atoms in total. The predicted octanol–water partition coefficient (Wildman–Crippen LogP) is 3.07. The molecule has 0 aliphatic carbocycles. The van der Waals surface area contributed by atoms with Crippen LogP contribution in [0.4, 0.5) is 0 Å². The van der Waals surface area contributed by atoms with Crippen LogP contribution >= 0.6 is 15.9 Å². The topological polar surface area (TPSA) is 67.8 Å². The highest BCUT2D eigenvalue weighted by Gasteiger charge is 2.31. The maximum Gasteiger partial charge on any atom is 0.312 e. The van der Waals surface area contributed by atoms with Crippen molar-refractivity contribution in [1.29, 1.82) is 0 Å². The van der Waals surface area contributed by atoms with E-state index in [-0.39, 0.29) is 13.1 Å². The van der Waals surface area contributed by atoms with E-state index in [0.29, 0.717) is 17.9 Å². The van der Waals surface area contributed by atoms with Crippen molar-refractivity contribution in [3.63, 3.8) is 0 Å². The summed E-state index contributed by atoms with van der Waals surface area (Å²) in [6.45, 7) is 0.819. The van der Waals surface area contributed by atoms with E-state index in [2.05, 4.69) is 27.2 Å². The first-order chi connectivity index (χ1) is 13.1. The number of rotatable bonds is 9. The minimum atomic E-state index is -1.12. The highest BCUT2D eigenvalue weighted by molar-refractivity contribution is 9.10. The standard InChI is InChI=1S/C21H22BrNO4/c1-3-11-23-13-18(21(25)26-2)20(24)17-12-16(22)9-10-19(17)27-14-15-7-5-4-6-8-15/h1,4-10,12,18,20,23-24H,11,13-14H2,2H3. The SMILES string of the molecule is C#CCNCC(C(=O)OC)C(O)c1cc(Br)ccc1OCc1ccccc1. The molecule has 2 aromatic rings. The summed E-state index contributed by atoms with van der Waals surface area (Å²) < 4.78 is 11.5. The van der Waals surface area contributed by atoms with Crippen molar-refractivity contribution in [1.82, 2.24) is 5.32 Å². The van der Waals surface area contributed by atoms with Crippen LogP contribution in [-0.2, 0) is 16.1 Å². The van der Waals surface area contributed by atoms with Crippen LogP contribution < -0.4 is 10.1 Å². The Hall–Kier alpha value is -2.33. The number of aliphatic hydroxyl groups excluding tert-OH is 1. The molecule has 0 saturated carbocycles. The first kappa shape index (κ1) is 21.0. The van der Waals surface area contributed by atoms with Crippen LogP contribution in [-0.4, -0.2) is 31.3 Å². The van der Waals surface area contributed by atoms with Crippen LogP contribution in [0.3, 0.4) is 0 Å². The summed E-state index contributed by atoms with van der Waals surface area (Å²) in [6.07, 6.45) is 4.11. The molecule has 2 atom stereocenters. The lowest BCUT2D eigenvalue weighted by Gasteiger charge is -2.23. The van der Waals surface area contributed by atoms with Crippen LogP contribution in [0.5, 0.6) is 5.75 Å². The Morgan fingerprint density at radius 2 is 2.04 bits per heavy atom. The van der Waals surface area contributed by atoms with Gasteiger partial charge in [-0.3, -0.25) is 4.79 Å². The third-order valence-corrected chi connectivity index (χ3v) is 4.50. The van der Waals surface area contributed by atoms with E-state index in [1.54, 1.807) is 12.1 Å². The number of ether oxygens (including phenoxy) is 2. The molecule has 142 valence electrons. The monoisotopic (exact) mass is 431 g/mol. The number of aliphatic hydroxyl groups is 1. The maximum absolute atomic E-state index is 12.2. The molecule has 0 aliphatic heterocycles.